The lowest BCUT2D eigenvalue weighted by atomic mass is 9.78. The van der Waals surface area contributed by atoms with Crippen LogP contribution in [0.3, 0.4) is 0 Å². The number of methoxy groups -OCH3 is 1. The van der Waals surface area contributed by atoms with E-state index in [0.717, 1.165) is 12.8 Å². The smallest absolute Gasteiger partial charge is 0.312 e. The molecule has 298 valence electrons. The Labute approximate surface area is 320 Å². The Morgan fingerprint density at radius 2 is 1.58 bits per heavy atom. The fourth-order valence-corrected chi connectivity index (χ4v) is 7.92. The number of phenols is 1. The molecular weight excluding hydrogens is 712 g/mol. The highest BCUT2D eigenvalue weighted by Gasteiger charge is 2.53. The van der Waals surface area contributed by atoms with Crippen molar-refractivity contribution in [1.29, 1.82) is 0 Å². The highest BCUT2D eigenvalue weighted by Crippen LogP contribution is 2.49. The van der Waals surface area contributed by atoms with Crippen molar-refractivity contribution in [2.24, 2.45) is 23.7 Å². The molecule has 1 aromatic carbocycles. The average Bonchev–Trinajstić information content (AvgIpc) is 3.77. The van der Waals surface area contributed by atoms with E-state index in [2.05, 4.69) is 5.32 Å². The number of amides is 1. The molecule has 55 heavy (non-hydrogen) atoms. The molecule has 9 unspecified atom stereocenters. The number of aliphatic hydroxyl groups excluding tert-OH is 2. The lowest BCUT2D eigenvalue weighted by Crippen LogP contribution is -2.46. The number of fused-ring (bicyclic) bond motifs is 14. The number of Topliss-reactive ketones (excluding diaryl/α,β-unsaturated/α-hetero) is 3. The number of nitrogens with one attached hydrogen (secondary N) is 1. The Bertz CT molecular complexity index is 1890. The van der Waals surface area contributed by atoms with E-state index in [-0.39, 0.29) is 39.4 Å². The number of ketones is 3. The van der Waals surface area contributed by atoms with Gasteiger partial charge in [0.1, 0.15) is 29.0 Å². The molecule has 0 saturated carbocycles. The Morgan fingerprint density at radius 1 is 0.927 bits per heavy atom. The number of allylic oxidation sites excluding steroid dienone is 4. The molecule has 14 nitrogen and oxygen atoms in total. The largest absolute Gasteiger partial charge is 0.507 e. The monoisotopic (exact) mass is 764 g/mol. The van der Waals surface area contributed by atoms with E-state index >= 15 is 0 Å². The third kappa shape index (κ3) is 7.59. The SMILES string of the molecule is COC1C=COC2(C)Oc3c(C)c(O)c4c(c3C2=O)C(=O)C(N2CCCC2)=C(NC(=O)C(C)=CC=CC(C)C(O)C(C)C(O)C(C)C(OC(C)=O)C1C)C4=O. The number of hydrogen-bond donors (Lipinski definition) is 4. The summed E-state index contributed by atoms with van der Waals surface area (Å²) >= 11 is 0. The molecule has 14 heteroatoms. The van der Waals surface area contributed by atoms with E-state index in [9.17, 15) is 39.3 Å². The van der Waals surface area contributed by atoms with Crippen molar-refractivity contribution in [3.8, 4) is 11.5 Å². The number of benzene rings is 1. The standard InChI is InChI=1S/C41H52N2O12/c1-19-13-12-14-20(2)40(51)42-30-31(43-16-10-11-17-43)36(49)27-28(35(30)48)34(47)24(6)38-29(27)39(50)41(8,55-38)53-18-15-26(52-9)21(3)37(54-25(7)44)23(5)33(46)22(4)32(19)45/h12-15,18-19,21-23,26,32-33,37,45-47H,10-11,16-17H2,1-9H3,(H,42,51). The number of aliphatic hydroxyl groups is 2. The van der Waals surface area contributed by atoms with Crippen LogP contribution in [-0.2, 0) is 23.8 Å². The third-order valence-corrected chi connectivity index (χ3v) is 11.4. The maximum absolute atomic E-state index is 14.6. The first kappa shape index (κ1) is 41.4. The average molecular weight is 765 g/mol. The van der Waals surface area contributed by atoms with Crippen molar-refractivity contribution in [3.05, 3.63) is 69.8 Å². The molecule has 1 aromatic rings. The van der Waals surface area contributed by atoms with Gasteiger partial charge >= 0.3 is 11.8 Å². The van der Waals surface area contributed by atoms with E-state index in [0.29, 0.717) is 13.1 Å². The van der Waals surface area contributed by atoms with Crippen LogP contribution in [0.2, 0.25) is 0 Å². The molecule has 4 heterocycles. The highest BCUT2D eigenvalue weighted by molar-refractivity contribution is 6.32. The molecule has 9 atom stereocenters. The molecule has 0 radical (unpaired) electrons. The van der Waals surface area contributed by atoms with Crippen LogP contribution in [0.4, 0.5) is 0 Å². The molecule has 1 fully saturated rings. The number of carbonyl (C=O) groups excluding carboxylic acids is 5. The number of carbonyl (C=O) groups is 5. The summed E-state index contributed by atoms with van der Waals surface area (Å²) in [4.78, 5) is 70.8. The normalized spacial score (nSPS) is 32.0. The minimum Gasteiger partial charge on any atom is -0.507 e. The molecule has 1 saturated heterocycles. The topological polar surface area (TPSA) is 198 Å². The van der Waals surface area contributed by atoms with Gasteiger partial charge in [0.2, 0.25) is 11.6 Å². The Kier molecular flexibility index (Phi) is 12.1. The predicted octanol–water partition coefficient (Wildman–Crippen LogP) is 4.05. The van der Waals surface area contributed by atoms with Crippen molar-refractivity contribution in [2.75, 3.05) is 20.2 Å². The number of phenolic OH excluding ortho intramolecular Hbond substituents is 1. The Hall–Kier alpha value is -4.79. The molecule has 6 rings (SSSR count). The second-order valence-corrected chi connectivity index (χ2v) is 15.2. The van der Waals surface area contributed by atoms with Crippen LogP contribution in [0.1, 0.15) is 97.9 Å². The molecule has 1 amide bonds. The van der Waals surface area contributed by atoms with Gasteiger partial charge in [0.25, 0.3) is 11.7 Å². The van der Waals surface area contributed by atoms with Crippen molar-refractivity contribution >= 4 is 29.2 Å². The van der Waals surface area contributed by atoms with E-state index in [1.54, 1.807) is 44.7 Å². The molecule has 1 aliphatic carbocycles. The zero-order valence-corrected chi connectivity index (χ0v) is 32.8. The van der Waals surface area contributed by atoms with Gasteiger partial charge in [0.05, 0.1) is 41.3 Å². The number of rotatable bonds is 3. The quantitative estimate of drug-likeness (QED) is 0.322. The summed E-state index contributed by atoms with van der Waals surface area (Å²) in [5.74, 6) is -8.84. The van der Waals surface area contributed by atoms with Gasteiger partial charge in [-0.1, -0.05) is 45.9 Å². The summed E-state index contributed by atoms with van der Waals surface area (Å²) < 4.78 is 23.5. The van der Waals surface area contributed by atoms with Gasteiger partial charge in [-0.05, 0) is 32.8 Å². The van der Waals surface area contributed by atoms with E-state index in [1.807, 2.05) is 0 Å². The first-order chi connectivity index (χ1) is 25.9. The van der Waals surface area contributed by atoms with Crippen LogP contribution < -0.4 is 10.1 Å². The van der Waals surface area contributed by atoms with Gasteiger partial charge in [0.15, 0.2) is 0 Å². The van der Waals surface area contributed by atoms with Crippen LogP contribution in [0.15, 0.2) is 47.5 Å². The third-order valence-electron chi connectivity index (χ3n) is 11.4. The van der Waals surface area contributed by atoms with Gasteiger partial charge in [0, 0.05) is 68.9 Å². The van der Waals surface area contributed by atoms with Crippen molar-refractivity contribution in [2.45, 2.75) is 98.4 Å². The van der Waals surface area contributed by atoms with Crippen LogP contribution in [-0.4, -0.2) is 99.8 Å². The number of esters is 1. The summed E-state index contributed by atoms with van der Waals surface area (Å²) in [5, 5.41) is 36.8. The fraction of sp³-hybridized carbons (Fsp3) is 0.537. The van der Waals surface area contributed by atoms with E-state index in [4.69, 9.17) is 18.9 Å². The summed E-state index contributed by atoms with van der Waals surface area (Å²) in [6.45, 7) is 13.3. The second-order valence-electron chi connectivity index (χ2n) is 15.2. The minimum absolute atomic E-state index is 0.0206. The Morgan fingerprint density at radius 3 is 2.20 bits per heavy atom. The number of ether oxygens (including phenoxy) is 4. The van der Waals surface area contributed by atoms with Crippen molar-refractivity contribution in [1.82, 2.24) is 10.2 Å². The fourth-order valence-electron chi connectivity index (χ4n) is 7.92. The van der Waals surface area contributed by atoms with Crippen LogP contribution >= 0.6 is 0 Å². The first-order valence-corrected chi connectivity index (χ1v) is 18.6. The lowest BCUT2D eigenvalue weighted by molar-refractivity contribution is -0.160. The maximum Gasteiger partial charge on any atom is 0.312 e. The summed E-state index contributed by atoms with van der Waals surface area (Å²) in [6.07, 6.45) is 4.98. The summed E-state index contributed by atoms with van der Waals surface area (Å²) in [6, 6.07) is 0. The van der Waals surface area contributed by atoms with Crippen LogP contribution in [0, 0.1) is 30.6 Å². The number of likely N-dealkylation sites (tertiary alicyclic amines) is 1. The first-order valence-electron chi connectivity index (χ1n) is 18.6. The summed E-state index contributed by atoms with van der Waals surface area (Å²) in [7, 11) is 1.43. The zero-order valence-electron chi connectivity index (χ0n) is 32.8. The lowest BCUT2D eigenvalue weighted by Gasteiger charge is -2.38. The van der Waals surface area contributed by atoms with E-state index < -0.39 is 94.4 Å². The molecule has 5 aliphatic rings. The van der Waals surface area contributed by atoms with Crippen LogP contribution in [0.5, 0.6) is 11.5 Å². The number of nitrogens with zero attached hydrogens (tertiary/aromatic N) is 1. The van der Waals surface area contributed by atoms with Gasteiger partial charge in [-0.15, -0.1) is 0 Å². The molecule has 0 spiro atoms. The van der Waals surface area contributed by atoms with Gasteiger partial charge < -0.3 is 44.5 Å². The van der Waals surface area contributed by atoms with Gasteiger partial charge in [-0.2, -0.15) is 0 Å². The second kappa shape index (κ2) is 16.1. The minimum atomic E-state index is -2.05. The van der Waals surface area contributed by atoms with Crippen molar-refractivity contribution < 1.29 is 58.2 Å². The highest BCUT2D eigenvalue weighted by atomic mass is 16.7. The summed E-state index contributed by atoms with van der Waals surface area (Å²) in [5.41, 5.74) is -1.21. The zero-order chi connectivity index (χ0) is 40.7. The molecular formula is C41H52N2O12. The molecule has 4 N–H and O–H groups in total. The Balaban J connectivity index is 1.66. The van der Waals surface area contributed by atoms with E-state index in [1.165, 1.54) is 53.2 Å². The van der Waals surface area contributed by atoms with Gasteiger partial charge in [-0.25, -0.2) is 0 Å². The van der Waals surface area contributed by atoms with Gasteiger partial charge in [-0.3, -0.25) is 24.0 Å². The predicted molar refractivity (Wildman–Crippen MR) is 199 cm³/mol. The number of aromatic hydroxyl groups is 1. The van der Waals surface area contributed by atoms with Crippen LogP contribution in [0.25, 0.3) is 0 Å². The molecule has 5 bridgehead atoms. The van der Waals surface area contributed by atoms with Crippen molar-refractivity contribution in [3.63, 3.8) is 0 Å². The molecule has 4 aliphatic heterocycles. The maximum atomic E-state index is 14.6. The molecule has 0 aromatic heterocycles. The number of hydrogen-bond acceptors (Lipinski definition) is 13.